The lowest BCUT2D eigenvalue weighted by Gasteiger charge is -2.19. The predicted octanol–water partition coefficient (Wildman–Crippen LogP) is 1.64. The van der Waals surface area contributed by atoms with Gasteiger partial charge >= 0.3 is 5.97 Å². The summed E-state index contributed by atoms with van der Waals surface area (Å²) in [4.78, 5) is 12.7. The van der Waals surface area contributed by atoms with Gasteiger partial charge in [-0.1, -0.05) is 6.58 Å². The molecule has 0 saturated carbocycles. The van der Waals surface area contributed by atoms with Gasteiger partial charge < -0.3 is 9.47 Å². The van der Waals surface area contributed by atoms with Gasteiger partial charge in [0.15, 0.2) is 6.23 Å². The van der Waals surface area contributed by atoms with Gasteiger partial charge in [0.2, 0.25) is 0 Å². The maximum atomic E-state index is 10.9. The minimum atomic E-state index is -0.341. The van der Waals surface area contributed by atoms with Crippen molar-refractivity contribution in [2.75, 3.05) is 26.6 Å². The van der Waals surface area contributed by atoms with Gasteiger partial charge in [-0.2, -0.15) is 0 Å². The molecule has 2 atom stereocenters. The molecular formula is C11H20ClNO3. The Morgan fingerprint density at radius 1 is 1.69 bits per heavy atom. The first-order valence-corrected chi connectivity index (χ1v) is 5.62. The fourth-order valence-corrected chi connectivity index (χ4v) is 0.696. The molecule has 2 unspecified atom stereocenters. The summed E-state index contributed by atoms with van der Waals surface area (Å²) >= 11 is 5.27. The van der Waals surface area contributed by atoms with Gasteiger partial charge in [-0.15, -0.1) is 11.6 Å². The number of alkyl halides is 1. The van der Waals surface area contributed by atoms with Crippen LogP contribution in [0.4, 0.5) is 0 Å². The molecule has 0 bridgehead atoms. The molecule has 16 heavy (non-hydrogen) atoms. The molecule has 1 saturated heterocycles. The van der Waals surface area contributed by atoms with E-state index in [4.69, 9.17) is 21.1 Å². The number of esters is 1. The van der Waals surface area contributed by atoms with Crippen LogP contribution in [-0.2, 0) is 14.3 Å². The molecule has 0 radical (unpaired) electrons. The molecule has 0 amide bonds. The highest BCUT2D eigenvalue weighted by molar-refractivity contribution is 6.18. The van der Waals surface area contributed by atoms with Crippen LogP contribution in [0.3, 0.4) is 0 Å². The third-order valence-corrected chi connectivity index (χ3v) is 2.27. The number of nitrogens with zero attached hydrogens (tertiary/aromatic N) is 1. The Hall–Kier alpha value is -0.580. The Labute approximate surface area is 102 Å². The topological polar surface area (TPSA) is 42.1 Å². The van der Waals surface area contributed by atoms with Gasteiger partial charge in [0.05, 0.1) is 18.6 Å². The summed E-state index contributed by atoms with van der Waals surface area (Å²) in [5, 5.41) is 0. The lowest BCUT2D eigenvalue weighted by molar-refractivity contribution is -0.150. The molecule has 0 aromatic heterocycles. The SMILES string of the molecule is C=C(C)C(=O)OC(C)N(C)C.ClCC1CO1. The van der Waals surface area contributed by atoms with Crippen molar-refractivity contribution >= 4 is 17.6 Å². The maximum absolute atomic E-state index is 10.9. The first-order chi connectivity index (χ1) is 7.38. The minimum absolute atomic E-state index is 0.195. The van der Waals surface area contributed by atoms with Crippen LogP contribution >= 0.6 is 11.6 Å². The van der Waals surface area contributed by atoms with E-state index in [1.807, 2.05) is 14.1 Å². The fraction of sp³-hybridized carbons (Fsp3) is 0.727. The molecule has 94 valence electrons. The number of ether oxygens (including phenoxy) is 2. The molecule has 1 fully saturated rings. The van der Waals surface area contributed by atoms with E-state index in [0.29, 0.717) is 17.6 Å². The summed E-state index contributed by atoms with van der Waals surface area (Å²) in [7, 11) is 3.69. The average molecular weight is 250 g/mol. The quantitative estimate of drug-likeness (QED) is 0.250. The highest BCUT2D eigenvalue weighted by Crippen LogP contribution is 2.08. The fourth-order valence-electron chi connectivity index (χ4n) is 0.518. The van der Waals surface area contributed by atoms with Crippen molar-refractivity contribution in [3.05, 3.63) is 12.2 Å². The van der Waals surface area contributed by atoms with Crippen LogP contribution in [0, 0.1) is 0 Å². The summed E-state index contributed by atoms with van der Waals surface area (Å²) in [6.07, 6.45) is 0.205. The van der Waals surface area contributed by atoms with Gasteiger partial charge in [-0.05, 0) is 27.9 Å². The first kappa shape index (κ1) is 15.4. The van der Waals surface area contributed by atoms with Gasteiger partial charge in [0, 0.05) is 5.57 Å². The van der Waals surface area contributed by atoms with E-state index in [2.05, 4.69) is 6.58 Å². The van der Waals surface area contributed by atoms with Crippen LogP contribution in [-0.4, -0.2) is 49.8 Å². The van der Waals surface area contributed by atoms with Gasteiger partial charge in [0.25, 0.3) is 0 Å². The summed E-state index contributed by atoms with van der Waals surface area (Å²) in [6, 6.07) is 0. The van der Waals surface area contributed by atoms with E-state index in [-0.39, 0.29) is 12.2 Å². The van der Waals surface area contributed by atoms with Gasteiger partial charge in [0.1, 0.15) is 0 Å². The Kier molecular flexibility index (Phi) is 7.38. The number of hydrogen-bond donors (Lipinski definition) is 0. The summed E-state index contributed by atoms with van der Waals surface area (Å²) in [5.74, 6) is 0.325. The predicted molar refractivity (Wildman–Crippen MR) is 64.5 cm³/mol. The van der Waals surface area contributed by atoms with Crippen molar-refractivity contribution in [3.63, 3.8) is 0 Å². The lowest BCUT2D eigenvalue weighted by Crippen LogP contribution is -2.30. The third kappa shape index (κ3) is 7.68. The summed E-state index contributed by atoms with van der Waals surface area (Å²) < 4.78 is 9.69. The molecule has 1 heterocycles. The van der Waals surface area contributed by atoms with E-state index < -0.39 is 0 Å². The zero-order chi connectivity index (χ0) is 12.7. The van der Waals surface area contributed by atoms with Crippen LogP contribution in [0.1, 0.15) is 13.8 Å². The Balaban J connectivity index is 0.000000368. The largest absolute Gasteiger partial charge is 0.443 e. The van der Waals surface area contributed by atoms with Crippen molar-refractivity contribution in [2.45, 2.75) is 26.2 Å². The van der Waals surface area contributed by atoms with E-state index in [1.165, 1.54) is 0 Å². The molecule has 1 aliphatic heterocycles. The third-order valence-electron chi connectivity index (χ3n) is 1.93. The molecule has 0 aromatic carbocycles. The van der Waals surface area contributed by atoms with Crippen LogP contribution < -0.4 is 0 Å². The monoisotopic (exact) mass is 249 g/mol. The van der Waals surface area contributed by atoms with Crippen molar-refractivity contribution in [2.24, 2.45) is 0 Å². The minimum Gasteiger partial charge on any atom is -0.443 e. The molecule has 4 nitrogen and oxygen atoms in total. The highest BCUT2D eigenvalue weighted by Gasteiger charge is 2.19. The van der Waals surface area contributed by atoms with E-state index in [0.717, 1.165) is 6.61 Å². The Morgan fingerprint density at radius 2 is 2.19 bits per heavy atom. The molecule has 0 aliphatic carbocycles. The van der Waals surface area contributed by atoms with Gasteiger partial charge in [-0.3, -0.25) is 4.90 Å². The smallest absolute Gasteiger partial charge is 0.334 e. The summed E-state index contributed by atoms with van der Waals surface area (Å²) in [5.41, 5.74) is 0.429. The van der Waals surface area contributed by atoms with E-state index in [1.54, 1.807) is 18.7 Å². The molecule has 1 rings (SSSR count). The number of carbonyl (C=O) groups excluding carboxylic acids is 1. The normalized spacial score (nSPS) is 19.5. The van der Waals surface area contributed by atoms with Crippen molar-refractivity contribution < 1.29 is 14.3 Å². The number of hydrogen-bond acceptors (Lipinski definition) is 4. The number of epoxide rings is 1. The van der Waals surface area contributed by atoms with Gasteiger partial charge in [-0.25, -0.2) is 4.79 Å². The van der Waals surface area contributed by atoms with E-state index >= 15 is 0 Å². The van der Waals surface area contributed by atoms with Crippen LogP contribution in [0.25, 0.3) is 0 Å². The second-order valence-corrected chi connectivity index (χ2v) is 4.17. The molecule has 5 heteroatoms. The first-order valence-electron chi connectivity index (χ1n) is 5.09. The summed E-state index contributed by atoms with van der Waals surface area (Å²) in [6.45, 7) is 7.79. The zero-order valence-electron chi connectivity index (χ0n) is 10.3. The zero-order valence-corrected chi connectivity index (χ0v) is 11.1. The second-order valence-electron chi connectivity index (χ2n) is 3.86. The average Bonchev–Trinajstić information content (AvgIpc) is 3.01. The molecular weight excluding hydrogens is 230 g/mol. The molecule has 0 N–H and O–H groups in total. The van der Waals surface area contributed by atoms with E-state index in [9.17, 15) is 4.79 Å². The molecule has 1 aliphatic rings. The lowest BCUT2D eigenvalue weighted by atomic mass is 10.4. The van der Waals surface area contributed by atoms with Crippen LogP contribution in [0.5, 0.6) is 0 Å². The van der Waals surface area contributed by atoms with Crippen LogP contribution in [0.15, 0.2) is 12.2 Å². The van der Waals surface area contributed by atoms with Crippen LogP contribution in [0.2, 0.25) is 0 Å². The molecule has 0 spiro atoms. The second kappa shape index (κ2) is 7.65. The van der Waals surface area contributed by atoms with Crippen molar-refractivity contribution in [1.82, 2.24) is 4.90 Å². The van der Waals surface area contributed by atoms with Crippen molar-refractivity contribution in [1.29, 1.82) is 0 Å². The Morgan fingerprint density at radius 3 is 2.38 bits per heavy atom. The number of halogens is 1. The molecule has 0 aromatic rings. The highest BCUT2D eigenvalue weighted by atomic mass is 35.5. The maximum Gasteiger partial charge on any atom is 0.334 e. The number of carbonyl (C=O) groups is 1. The number of rotatable bonds is 4. The standard InChI is InChI=1S/C8H15NO2.C3H5ClO/c1-6(2)8(10)11-7(3)9(4)5;4-1-3-2-5-3/h7H,1H2,2-5H3;3H,1-2H2. The van der Waals surface area contributed by atoms with Crippen molar-refractivity contribution in [3.8, 4) is 0 Å². The Bertz CT molecular complexity index is 239.